The molecule has 0 nitrogen and oxygen atoms in total. The summed E-state index contributed by atoms with van der Waals surface area (Å²) in [5.41, 5.74) is 4.26. The molecule has 2 aromatic carbocycles. The van der Waals surface area contributed by atoms with Crippen LogP contribution in [-0.4, -0.2) is 0 Å². The highest BCUT2D eigenvalue weighted by atomic mass is 19.2. The van der Waals surface area contributed by atoms with Gasteiger partial charge in [0.2, 0.25) is 0 Å². The molecule has 2 aliphatic carbocycles. The minimum absolute atomic E-state index is 0.343. The summed E-state index contributed by atoms with van der Waals surface area (Å²) < 4.78 is 41.7. The molecule has 3 heteroatoms. The first-order valence-electron chi connectivity index (χ1n) is 13.0. The third kappa shape index (κ3) is 6.31. The molecule has 33 heavy (non-hydrogen) atoms. The molecule has 0 saturated heterocycles. The Bertz CT molecular complexity index is 967. The van der Waals surface area contributed by atoms with Crippen LogP contribution in [0.1, 0.15) is 88.7 Å². The van der Waals surface area contributed by atoms with E-state index in [1.54, 1.807) is 6.07 Å². The molecule has 178 valence electrons. The minimum atomic E-state index is -0.947. The van der Waals surface area contributed by atoms with Crippen molar-refractivity contribution in [3.63, 3.8) is 0 Å². The summed E-state index contributed by atoms with van der Waals surface area (Å²) in [4.78, 5) is 0. The first-order valence-corrected chi connectivity index (χ1v) is 13.0. The second-order valence-corrected chi connectivity index (χ2v) is 10.2. The van der Waals surface area contributed by atoms with Crippen LogP contribution in [0.25, 0.3) is 11.1 Å². The van der Waals surface area contributed by atoms with Gasteiger partial charge in [-0.3, -0.25) is 0 Å². The van der Waals surface area contributed by atoms with E-state index in [9.17, 15) is 13.2 Å². The van der Waals surface area contributed by atoms with E-state index in [0.717, 1.165) is 54.4 Å². The SMILES string of the molecule is CCCCCCC1CCC(CCC2=CCc3cc(-c4ccc(F)c(F)c4)c(F)cc3C2)CC1. The van der Waals surface area contributed by atoms with Gasteiger partial charge in [0.05, 0.1) is 0 Å². The van der Waals surface area contributed by atoms with Gasteiger partial charge in [-0.25, -0.2) is 13.2 Å². The molecule has 0 aromatic heterocycles. The molecule has 2 aliphatic rings. The van der Waals surface area contributed by atoms with E-state index in [1.165, 1.54) is 75.8 Å². The number of allylic oxidation sites excluding steroid dienone is 2. The van der Waals surface area contributed by atoms with Gasteiger partial charge in [-0.05, 0) is 78.5 Å². The number of hydrogen-bond acceptors (Lipinski definition) is 0. The topological polar surface area (TPSA) is 0 Å². The number of benzene rings is 2. The summed E-state index contributed by atoms with van der Waals surface area (Å²) in [5, 5.41) is 0. The molecule has 0 bridgehead atoms. The van der Waals surface area contributed by atoms with E-state index in [0.29, 0.717) is 11.1 Å². The molecule has 0 aliphatic heterocycles. The molecule has 4 rings (SSSR count). The summed E-state index contributed by atoms with van der Waals surface area (Å²) in [5.74, 6) is -0.432. The first-order chi connectivity index (χ1) is 16.0. The largest absolute Gasteiger partial charge is 0.206 e. The van der Waals surface area contributed by atoms with Crippen molar-refractivity contribution in [3.05, 3.63) is 70.6 Å². The van der Waals surface area contributed by atoms with Crippen LogP contribution in [-0.2, 0) is 12.8 Å². The molecule has 0 radical (unpaired) electrons. The average Bonchev–Trinajstić information content (AvgIpc) is 2.82. The highest BCUT2D eigenvalue weighted by Crippen LogP contribution is 2.36. The Balaban J connectivity index is 1.28. The van der Waals surface area contributed by atoms with Crippen molar-refractivity contribution in [1.29, 1.82) is 0 Å². The molecule has 1 fully saturated rings. The van der Waals surface area contributed by atoms with Gasteiger partial charge in [-0.1, -0.05) is 82.4 Å². The lowest BCUT2D eigenvalue weighted by Gasteiger charge is -2.29. The zero-order valence-corrected chi connectivity index (χ0v) is 19.9. The Morgan fingerprint density at radius 2 is 1.52 bits per heavy atom. The standard InChI is InChI=1S/C30H37F3/c1-2-3-4-5-6-21-7-9-22(10-8-21)11-12-23-13-14-24-18-27(29(32)20-26(24)17-23)25-15-16-28(31)30(33)19-25/h13,15-16,18-22H,2-12,14,17H2,1H3. The van der Waals surface area contributed by atoms with Gasteiger partial charge >= 0.3 is 0 Å². The predicted molar refractivity (Wildman–Crippen MR) is 131 cm³/mol. The Hall–Kier alpha value is -2.03. The van der Waals surface area contributed by atoms with Crippen LogP contribution in [0.4, 0.5) is 13.2 Å². The highest BCUT2D eigenvalue weighted by molar-refractivity contribution is 5.66. The van der Waals surface area contributed by atoms with Gasteiger partial charge in [-0.15, -0.1) is 0 Å². The van der Waals surface area contributed by atoms with Crippen LogP contribution in [0.3, 0.4) is 0 Å². The number of halogens is 3. The normalized spacial score (nSPS) is 20.4. The van der Waals surface area contributed by atoms with E-state index in [1.807, 2.05) is 6.07 Å². The summed E-state index contributed by atoms with van der Waals surface area (Å²) in [6.45, 7) is 2.27. The van der Waals surface area contributed by atoms with Crippen molar-refractivity contribution >= 4 is 0 Å². The third-order valence-electron chi connectivity index (χ3n) is 7.85. The fraction of sp³-hybridized carbons (Fsp3) is 0.533. The van der Waals surface area contributed by atoms with Crippen molar-refractivity contribution in [2.45, 2.75) is 90.4 Å². The van der Waals surface area contributed by atoms with Gasteiger partial charge in [-0.2, -0.15) is 0 Å². The summed E-state index contributed by atoms with van der Waals surface area (Å²) in [6, 6.07) is 6.98. The second-order valence-electron chi connectivity index (χ2n) is 10.2. The summed E-state index contributed by atoms with van der Waals surface area (Å²) in [7, 11) is 0. The van der Waals surface area contributed by atoms with Gasteiger partial charge in [0.1, 0.15) is 5.82 Å². The van der Waals surface area contributed by atoms with E-state index < -0.39 is 11.6 Å². The minimum Gasteiger partial charge on any atom is -0.206 e. The number of rotatable bonds is 9. The molecule has 0 amide bonds. The van der Waals surface area contributed by atoms with Crippen LogP contribution in [0.2, 0.25) is 0 Å². The van der Waals surface area contributed by atoms with Crippen LogP contribution in [0.15, 0.2) is 42.0 Å². The van der Waals surface area contributed by atoms with E-state index >= 15 is 0 Å². The lowest BCUT2D eigenvalue weighted by atomic mass is 9.77. The zero-order chi connectivity index (χ0) is 23.2. The van der Waals surface area contributed by atoms with Crippen molar-refractivity contribution in [1.82, 2.24) is 0 Å². The van der Waals surface area contributed by atoms with Crippen LogP contribution in [0, 0.1) is 29.3 Å². The van der Waals surface area contributed by atoms with E-state index in [2.05, 4.69) is 13.0 Å². The maximum Gasteiger partial charge on any atom is 0.159 e. The van der Waals surface area contributed by atoms with E-state index in [-0.39, 0.29) is 5.82 Å². The lowest BCUT2D eigenvalue weighted by Crippen LogP contribution is -2.15. The predicted octanol–water partition coefficient (Wildman–Crippen LogP) is 9.35. The highest BCUT2D eigenvalue weighted by Gasteiger charge is 2.22. The van der Waals surface area contributed by atoms with Gasteiger partial charge < -0.3 is 0 Å². The fourth-order valence-electron chi connectivity index (χ4n) is 5.72. The van der Waals surface area contributed by atoms with Gasteiger partial charge in [0.15, 0.2) is 11.6 Å². The molecule has 0 heterocycles. The Morgan fingerprint density at radius 3 is 2.24 bits per heavy atom. The van der Waals surface area contributed by atoms with Gasteiger partial charge in [0.25, 0.3) is 0 Å². The Kier molecular flexibility index (Phi) is 8.33. The first kappa shape index (κ1) is 24.1. The lowest BCUT2D eigenvalue weighted by molar-refractivity contribution is 0.248. The Labute approximate surface area is 197 Å². The Morgan fingerprint density at radius 1 is 0.758 bits per heavy atom. The van der Waals surface area contributed by atoms with Crippen LogP contribution in [0.5, 0.6) is 0 Å². The monoisotopic (exact) mass is 454 g/mol. The molecule has 0 N–H and O–H groups in total. The number of unbranched alkanes of at least 4 members (excludes halogenated alkanes) is 3. The molecule has 0 spiro atoms. The van der Waals surface area contributed by atoms with Crippen molar-refractivity contribution in [2.24, 2.45) is 11.8 Å². The van der Waals surface area contributed by atoms with Crippen molar-refractivity contribution in [2.75, 3.05) is 0 Å². The molecular formula is C30H37F3. The molecule has 2 aromatic rings. The van der Waals surface area contributed by atoms with Crippen molar-refractivity contribution < 1.29 is 13.2 Å². The third-order valence-corrected chi connectivity index (χ3v) is 7.85. The summed E-state index contributed by atoms with van der Waals surface area (Å²) in [6.07, 6.45) is 18.7. The fourth-order valence-corrected chi connectivity index (χ4v) is 5.72. The maximum atomic E-state index is 14.8. The quantitative estimate of drug-likeness (QED) is 0.261. The van der Waals surface area contributed by atoms with Crippen LogP contribution < -0.4 is 0 Å². The zero-order valence-electron chi connectivity index (χ0n) is 19.9. The molecule has 0 atom stereocenters. The summed E-state index contributed by atoms with van der Waals surface area (Å²) >= 11 is 0. The van der Waals surface area contributed by atoms with Gasteiger partial charge in [0, 0.05) is 5.56 Å². The molecular weight excluding hydrogens is 417 g/mol. The molecule has 0 unspecified atom stereocenters. The number of fused-ring (bicyclic) bond motifs is 1. The van der Waals surface area contributed by atoms with Crippen LogP contribution >= 0.6 is 0 Å². The average molecular weight is 455 g/mol. The maximum absolute atomic E-state index is 14.8. The second kappa shape index (κ2) is 11.4. The van der Waals surface area contributed by atoms with E-state index in [4.69, 9.17) is 0 Å². The number of hydrogen-bond donors (Lipinski definition) is 0. The van der Waals surface area contributed by atoms with Crippen molar-refractivity contribution in [3.8, 4) is 11.1 Å². The smallest absolute Gasteiger partial charge is 0.159 e. The molecule has 1 saturated carbocycles.